The number of allylic oxidation sites excluding steroid dienone is 1. The lowest BCUT2D eigenvalue weighted by Crippen LogP contribution is -1.90. The Morgan fingerprint density at radius 1 is 1.50 bits per heavy atom. The van der Waals surface area contributed by atoms with Crippen molar-refractivity contribution in [3.63, 3.8) is 0 Å². The molecular weight excluding hydrogens is 176 g/mol. The second-order valence-electron chi connectivity index (χ2n) is 2.22. The van der Waals surface area contributed by atoms with Gasteiger partial charge in [0.1, 0.15) is 12.4 Å². The third kappa shape index (κ3) is 3.60. The molecule has 0 saturated heterocycles. The average Bonchev–Trinajstić information content (AvgIpc) is 2.57. The minimum atomic E-state index is 0.514. The minimum absolute atomic E-state index is 0.514. The SMILES string of the molecule is ClCC=CCOCc1ccco1. The summed E-state index contributed by atoms with van der Waals surface area (Å²) in [6, 6.07) is 3.72. The van der Waals surface area contributed by atoms with Gasteiger partial charge in [0.2, 0.25) is 0 Å². The minimum Gasteiger partial charge on any atom is -0.467 e. The monoisotopic (exact) mass is 186 g/mol. The lowest BCUT2D eigenvalue weighted by Gasteiger charge is -1.95. The number of halogens is 1. The van der Waals surface area contributed by atoms with Crippen molar-refractivity contribution < 1.29 is 9.15 Å². The van der Waals surface area contributed by atoms with Crippen LogP contribution in [0, 0.1) is 0 Å². The van der Waals surface area contributed by atoms with Gasteiger partial charge in [-0.15, -0.1) is 11.6 Å². The van der Waals surface area contributed by atoms with Crippen molar-refractivity contribution in [3.05, 3.63) is 36.3 Å². The van der Waals surface area contributed by atoms with Crippen LogP contribution in [0.3, 0.4) is 0 Å². The summed E-state index contributed by atoms with van der Waals surface area (Å²) in [7, 11) is 0. The highest BCUT2D eigenvalue weighted by atomic mass is 35.5. The zero-order valence-electron chi connectivity index (χ0n) is 6.70. The van der Waals surface area contributed by atoms with Crippen LogP contribution in [0.5, 0.6) is 0 Å². The Labute approximate surface area is 76.8 Å². The fourth-order valence-corrected chi connectivity index (χ4v) is 0.879. The predicted octanol–water partition coefficient (Wildman–Crippen LogP) is 2.59. The molecule has 1 heterocycles. The average molecular weight is 187 g/mol. The first-order valence-corrected chi connectivity index (χ1v) is 4.28. The smallest absolute Gasteiger partial charge is 0.129 e. The van der Waals surface area contributed by atoms with Crippen LogP contribution in [0.15, 0.2) is 35.0 Å². The number of ether oxygens (including phenoxy) is 1. The molecule has 0 fully saturated rings. The summed E-state index contributed by atoms with van der Waals surface area (Å²) in [5.41, 5.74) is 0. The van der Waals surface area contributed by atoms with E-state index in [9.17, 15) is 0 Å². The second kappa shape index (κ2) is 5.86. The molecule has 0 amide bonds. The fourth-order valence-electron chi connectivity index (χ4n) is 0.753. The molecule has 0 saturated carbocycles. The van der Waals surface area contributed by atoms with E-state index in [1.54, 1.807) is 6.26 Å². The molecule has 0 atom stereocenters. The largest absolute Gasteiger partial charge is 0.467 e. The van der Waals surface area contributed by atoms with Crippen molar-refractivity contribution >= 4 is 11.6 Å². The molecule has 0 radical (unpaired) electrons. The van der Waals surface area contributed by atoms with E-state index in [-0.39, 0.29) is 0 Å². The molecule has 0 N–H and O–H groups in total. The zero-order valence-corrected chi connectivity index (χ0v) is 7.46. The highest BCUT2D eigenvalue weighted by Crippen LogP contribution is 2.01. The predicted molar refractivity (Wildman–Crippen MR) is 48.2 cm³/mol. The third-order valence-electron chi connectivity index (χ3n) is 1.29. The van der Waals surface area contributed by atoms with Crippen LogP contribution >= 0.6 is 11.6 Å². The maximum Gasteiger partial charge on any atom is 0.129 e. The summed E-state index contributed by atoms with van der Waals surface area (Å²) >= 11 is 5.42. The summed E-state index contributed by atoms with van der Waals surface area (Å²) in [5.74, 6) is 1.37. The van der Waals surface area contributed by atoms with E-state index in [4.69, 9.17) is 20.8 Å². The molecule has 0 aliphatic carbocycles. The molecule has 0 aromatic carbocycles. The van der Waals surface area contributed by atoms with Gasteiger partial charge in [-0.05, 0) is 12.1 Å². The van der Waals surface area contributed by atoms with Gasteiger partial charge in [-0.2, -0.15) is 0 Å². The lowest BCUT2D eigenvalue weighted by molar-refractivity contribution is 0.131. The van der Waals surface area contributed by atoms with Crippen molar-refractivity contribution in [2.24, 2.45) is 0 Å². The van der Waals surface area contributed by atoms with Gasteiger partial charge in [0.15, 0.2) is 0 Å². The van der Waals surface area contributed by atoms with Crippen LogP contribution in [-0.4, -0.2) is 12.5 Å². The summed E-state index contributed by atoms with van der Waals surface area (Å²) < 4.78 is 10.3. The molecule has 66 valence electrons. The van der Waals surface area contributed by atoms with Crippen LogP contribution in [0.25, 0.3) is 0 Å². The van der Waals surface area contributed by atoms with E-state index in [1.807, 2.05) is 24.3 Å². The Balaban J connectivity index is 2.07. The third-order valence-corrected chi connectivity index (χ3v) is 1.47. The van der Waals surface area contributed by atoms with Gasteiger partial charge in [0.05, 0.1) is 12.9 Å². The van der Waals surface area contributed by atoms with Crippen LogP contribution in [0.2, 0.25) is 0 Å². The van der Waals surface area contributed by atoms with E-state index >= 15 is 0 Å². The molecule has 1 aromatic rings. The molecule has 0 aliphatic rings. The van der Waals surface area contributed by atoms with Crippen LogP contribution in [0.1, 0.15) is 5.76 Å². The number of rotatable bonds is 5. The Morgan fingerprint density at radius 2 is 2.42 bits per heavy atom. The topological polar surface area (TPSA) is 22.4 Å². The van der Waals surface area contributed by atoms with Gasteiger partial charge in [-0.3, -0.25) is 0 Å². The number of hydrogen-bond acceptors (Lipinski definition) is 2. The van der Waals surface area contributed by atoms with E-state index in [2.05, 4.69) is 0 Å². The highest BCUT2D eigenvalue weighted by molar-refractivity contribution is 6.18. The molecule has 1 aromatic heterocycles. The number of furan rings is 1. The quantitative estimate of drug-likeness (QED) is 0.401. The van der Waals surface area contributed by atoms with E-state index in [1.165, 1.54) is 0 Å². The van der Waals surface area contributed by atoms with Crippen LogP contribution in [0.4, 0.5) is 0 Å². The molecule has 2 nitrogen and oxygen atoms in total. The first kappa shape index (κ1) is 9.36. The number of alkyl halides is 1. The van der Waals surface area contributed by atoms with Gasteiger partial charge in [0, 0.05) is 5.88 Å². The first-order chi connectivity index (χ1) is 5.93. The van der Waals surface area contributed by atoms with Gasteiger partial charge in [-0.25, -0.2) is 0 Å². The molecular formula is C9H11ClO2. The van der Waals surface area contributed by atoms with Gasteiger partial charge in [0.25, 0.3) is 0 Å². The molecule has 0 unspecified atom stereocenters. The molecule has 0 aliphatic heterocycles. The summed E-state index contributed by atoms with van der Waals surface area (Å²) in [5, 5.41) is 0. The van der Waals surface area contributed by atoms with Crippen molar-refractivity contribution in [2.45, 2.75) is 6.61 Å². The Morgan fingerprint density at radius 3 is 3.08 bits per heavy atom. The Bertz CT molecular complexity index is 216. The summed E-state index contributed by atoms with van der Waals surface area (Å²) in [6.07, 6.45) is 5.37. The fraction of sp³-hybridized carbons (Fsp3) is 0.333. The lowest BCUT2D eigenvalue weighted by atomic mass is 10.5. The number of hydrogen-bond donors (Lipinski definition) is 0. The van der Waals surface area contributed by atoms with E-state index in [0.29, 0.717) is 19.1 Å². The maximum atomic E-state index is 5.42. The van der Waals surface area contributed by atoms with Crippen LogP contribution < -0.4 is 0 Å². The Hall–Kier alpha value is -0.730. The molecule has 12 heavy (non-hydrogen) atoms. The normalized spacial score (nSPS) is 11.1. The van der Waals surface area contributed by atoms with Crippen molar-refractivity contribution in [1.29, 1.82) is 0 Å². The van der Waals surface area contributed by atoms with E-state index < -0.39 is 0 Å². The molecule has 0 spiro atoms. The molecule has 1 rings (SSSR count). The van der Waals surface area contributed by atoms with E-state index in [0.717, 1.165) is 5.76 Å². The van der Waals surface area contributed by atoms with Gasteiger partial charge < -0.3 is 9.15 Å². The second-order valence-corrected chi connectivity index (χ2v) is 2.53. The summed E-state index contributed by atoms with van der Waals surface area (Å²) in [4.78, 5) is 0. The standard InChI is InChI=1S/C9H11ClO2/c10-5-1-2-6-11-8-9-4-3-7-12-9/h1-4,7H,5-6,8H2. The van der Waals surface area contributed by atoms with Crippen molar-refractivity contribution in [1.82, 2.24) is 0 Å². The van der Waals surface area contributed by atoms with Crippen molar-refractivity contribution in [3.8, 4) is 0 Å². The molecule has 3 heteroatoms. The summed E-state index contributed by atoms with van der Waals surface area (Å²) in [6.45, 7) is 1.09. The van der Waals surface area contributed by atoms with Crippen LogP contribution in [-0.2, 0) is 11.3 Å². The first-order valence-electron chi connectivity index (χ1n) is 3.74. The Kier molecular flexibility index (Phi) is 4.57. The van der Waals surface area contributed by atoms with Crippen molar-refractivity contribution in [2.75, 3.05) is 12.5 Å². The van der Waals surface area contributed by atoms with Gasteiger partial charge in [-0.1, -0.05) is 12.2 Å². The highest BCUT2D eigenvalue weighted by Gasteiger charge is 1.92. The maximum absolute atomic E-state index is 5.42. The van der Waals surface area contributed by atoms with Gasteiger partial charge >= 0.3 is 0 Å². The molecule has 0 bridgehead atoms. The zero-order chi connectivity index (χ0) is 8.65.